The van der Waals surface area contributed by atoms with Crippen molar-refractivity contribution in [3.63, 3.8) is 0 Å². The van der Waals surface area contributed by atoms with Crippen molar-refractivity contribution in [1.29, 1.82) is 0 Å². The van der Waals surface area contributed by atoms with E-state index in [4.69, 9.17) is 15.0 Å². The maximum atomic E-state index is 5.14. The normalized spacial score (nSPS) is 11.2. The molecule has 10 aromatic rings. The van der Waals surface area contributed by atoms with E-state index in [-0.39, 0.29) is 0 Å². The third kappa shape index (κ3) is 6.17. The number of fused-ring (bicyclic) bond motifs is 2. The van der Waals surface area contributed by atoms with Crippen LogP contribution in [0.15, 0.2) is 212 Å². The van der Waals surface area contributed by atoms with Crippen molar-refractivity contribution in [2.75, 3.05) is 4.90 Å². The molecule has 0 aliphatic carbocycles. The Morgan fingerprint density at radius 1 is 0.357 bits per heavy atom. The zero-order valence-corrected chi connectivity index (χ0v) is 30.4. The second kappa shape index (κ2) is 14.3. The Hall–Kier alpha value is -7.63. The van der Waals surface area contributed by atoms with Crippen LogP contribution in [0.25, 0.3) is 72.8 Å². The number of aromatic nitrogens is 4. The van der Waals surface area contributed by atoms with Gasteiger partial charge in [-0.2, -0.15) is 0 Å². The first-order valence-electron chi connectivity index (χ1n) is 18.8. The van der Waals surface area contributed by atoms with Gasteiger partial charge in [0, 0.05) is 50.9 Å². The van der Waals surface area contributed by atoms with Crippen LogP contribution < -0.4 is 4.90 Å². The molecule has 0 aliphatic rings. The third-order valence-electron chi connectivity index (χ3n) is 10.2. The summed E-state index contributed by atoms with van der Waals surface area (Å²) in [5.74, 6) is 0.713. The van der Waals surface area contributed by atoms with Gasteiger partial charge >= 0.3 is 0 Å². The molecular formula is C51H35N5. The minimum atomic E-state index is 0.713. The summed E-state index contributed by atoms with van der Waals surface area (Å²) in [7, 11) is 0. The lowest BCUT2D eigenvalue weighted by Crippen LogP contribution is -2.09. The molecule has 3 heterocycles. The van der Waals surface area contributed by atoms with Crippen molar-refractivity contribution in [3.05, 3.63) is 212 Å². The maximum absolute atomic E-state index is 5.14. The molecule has 264 valence electrons. The van der Waals surface area contributed by atoms with E-state index in [0.29, 0.717) is 5.82 Å². The van der Waals surface area contributed by atoms with Gasteiger partial charge in [-0.15, -0.1) is 0 Å². The second-order valence-electron chi connectivity index (χ2n) is 13.7. The van der Waals surface area contributed by atoms with E-state index in [1.807, 2.05) is 42.5 Å². The van der Waals surface area contributed by atoms with Gasteiger partial charge in [-0.05, 0) is 65.7 Å². The van der Waals surface area contributed by atoms with E-state index in [2.05, 4.69) is 179 Å². The molecule has 0 aliphatic heterocycles. The van der Waals surface area contributed by atoms with Crippen LogP contribution in [0.4, 0.5) is 17.1 Å². The highest BCUT2D eigenvalue weighted by Crippen LogP contribution is 2.40. The summed E-state index contributed by atoms with van der Waals surface area (Å²) in [6.07, 6.45) is 2.09. The third-order valence-corrected chi connectivity index (χ3v) is 10.2. The Morgan fingerprint density at radius 3 is 1.68 bits per heavy atom. The van der Waals surface area contributed by atoms with Crippen molar-refractivity contribution in [2.45, 2.75) is 0 Å². The summed E-state index contributed by atoms with van der Waals surface area (Å²) in [6.45, 7) is 0. The Bertz CT molecular complexity index is 2940. The van der Waals surface area contributed by atoms with E-state index in [1.54, 1.807) is 0 Å². The minimum absolute atomic E-state index is 0.713. The molecule has 0 fully saturated rings. The molecule has 3 aromatic heterocycles. The van der Waals surface area contributed by atoms with Crippen LogP contribution in [0.3, 0.4) is 0 Å². The number of para-hydroxylation sites is 2. The fourth-order valence-corrected chi connectivity index (χ4v) is 7.52. The minimum Gasteiger partial charge on any atom is -0.310 e. The summed E-state index contributed by atoms with van der Waals surface area (Å²) >= 11 is 0. The highest BCUT2D eigenvalue weighted by molar-refractivity contribution is 5.94. The first-order chi connectivity index (χ1) is 27.8. The molecule has 56 heavy (non-hydrogen) atoms. The van der Waals surface area contributed by atoms with Gasteiger partial charge in [-0.1, -0.05) is 152 Å². The van der Waals surface area contributed by atoms with Crippen LogP contribution in [0.2, 0.25) is 0 Å². The van der Waals surface area contributed by atoms with Crippen LogP contribution in [-0.2, 0) is 0 Å². The van der Waals surface area contributed by atoms with Crippen molar-refractivity contribution >= 4 is 33.6 Å². The molecule has 0 spiro atoms. The number of hydrogen-bond acceptors (Lipinski definition) is 4. The Morgan fingerprint density at radius 2 is 0.929 bits per heavy atom. The molecular weight excluding hydrogens is 683 g/mol. The number of hydrogen-bond donors (Lipinski definition) is 0. The second-order valence-corrected chi connectivity index (χ2v) is 13.7. The van der Waals surface area contributed by atoms with Crippen LogP contribution >= 0.6 is 0 Å². The summed E-state index contributed by atoms with van der Waals surface area (Å²) in [5, 5.41) is 1.04. The largest absolute Gasteiger partial charge is 0.310 e. The van der Waals surface area contributed by atoms with Gasteiger partial charge in [0.15, 0.2) is 5.82 Å². The van der Waals surface area contributed by atoms with E-state index < -0.39 is 0 Å². The van der Waals surface area contributed by atoms with Crippen LogP contribution in [0.1, 0.15) is 0 Å². The lowest BCUT2D eigenvalue weighted by atomic mass is 10.0. The summed E-state index contributed by atoms with van der Waals surface area (Å²) < 4.78 is 2.17. The molecule has 5 heteroatoms. The summed E-state index contributed by atoms with van der Waals surface area (Å²) in [6, 6.07) is 71.7. The fourth-order valence-electron chi connectivity index (χ4n) is 7.52. The molecule has 5 nitrogen and oxygen atoms in total. The van der Waals surface area contributed by atoms with E-state index in [0.717, 1.165) is 84.1 Å². The van der Waals surface area contributed by atoms with Gasteiger partial charge < -0.3 is 4.90 Å². The predicted molar refractivity (Wildman–Crippen MR) is 230 cm³/mol. The van der Waals surface area contributed by atoms with Crippen LogP contribution in [-0.4, -0.2) is 19.4 Å². The van der Waals surface area contributed by atoms with Gasteiger partial charge in [-0.25, -0.2) is 15.0 Å². The average molecular weight is 718 g/mol. The lowest BCUT2D eigenvalue weighted by molar-refractivity contribution is 1.19. The molecule has 10 rings (SSSR count). The van der Waals surface area contributed by atoms with Gasteiger partial charge in [-0.3, -0.25) is 4.40 Å². The summed E-state index contributed by atoms with van der Waals surface area (Å²) in [4.78, 5) is 17.5. The topological polar surface area (TPSA) is 46.3 Å². The van der Waals surface area contributed by atoms with Gasteiger partial charge in [0.1, 0.15) is 5.65 Å². The first kappa shape index (κ1) is 33.0. The molecule has 0 amide bonds. The van der Waals surface area contributed by atoms with Crippen LogP contribution in [0, 0.1) is 0 Å². The monoisotopic (exact) mass is 717 g/mol. The van der Waals surface area contributed by atoms with Crippen molar-refractivity contribution in [3.8, 4) is 56.3 Å². The number of nitrogens with zero attached hydrogens (tertiary/aromatic N) is 5. The number of pyridine rings is 1. The number of imidazole rings is 1. The Labute approximate surface area is 325 Å². The number of benzene rings is 7. The Kier molecular flexibility index (Phi) is 8.43. The van der Waals surface area contributed by atoms with Gasteiger partial charge in [0.2, 0.25) is 0 Å². The van der Waals surface area contributed by atoms with Crippen molar-refractivity contribution in [2.24, 2.45) is 0 Å². The predicted octanol–water partition coefficient (Wildman–Crippen LogP) is 13.1. The lowest BCUT2D eigenvalue weighted by Gasteiger charge is -2.26. The molecule has 0 saturated carbocycles. The quantitative estimate of drug-likeness (QED) is 0.157. The Balaban J connectivity index is 0.992. The van der Waals surface area contributed by atoms with Crippen molar-refractivity contribution in [1.82, 2.24) is 19.4 Å². The smallest absolute Gasteiger partial charge is 0.160 e. The SMILES string of the molecule is c1ccc(-c2nc(-c3ccc(-c4ccc(N(c5ccccc5)c5cccc(-c6nc7ccccn7c6-c6ccccc6)c5)cc4)cc3)nc3ccccc23)cc1. The van der Waals surface area contributed by atoms with E-state index in [9.17, 15) is 0 Å². The van der Waals surface area contributed by atoms with Crippen LogP contribution in [0.5, 0.6) is 0 Å². The van der Waals surface area contributed by atoms with E-state index in [1.165, 1.54) is 0 Å². The molecule has 7 aromatic carbocycles. The fraction of sp³-hybridized carbons (Fsp3) is 0. The number of rotatable bonds is 8. The van der Waals surface area contributed by atoms with Gasteiger partial charge in [0.05, 0.1) is 22.6 Å². The molecule has 0 unspecified atom stereocenters. The number of anilines is 3. The molecule has 0 saturated heterocycles. The standard InChI is InChI=1S/C51H35N5/c1-4-15-38(16-5-1)48-45-23-10-11-24-46(45)52-51(54-48)40-28-26-36(27-29-40)37-30-32-43(33-31-37)56(42-20-8-3-9-21-42)44-22-14-19-41(35-44)49-50(39-17-6-2-7-18-39)55-34-13-12-25-47(55)53-49/h1-35H. The average Bonchev–Trinajstić information content (AvgIpc) is 3.67. The van der Waals surface area contributed by atoms with Gasteiger partial charge in [0.25, 0.3) is 0 Å². The molecule has 0 atom stereocenters. The molecule has 0 N–H and O–H groups in total. The highest BCUT2D eigenvalue weighted by Gasteiger charge is 2.19. The summed E-state index contributed by atoms with van der Waals surface area (Å²) in [5.41, 5.74) is 14.5. The molecule has 0 bridgehead atoms. The molecule has 0 radical (unpaired) electrons. The van der Waals surface area contributed by atoms with E-state index >= 15 is 0 Å². The highest BCUT2D eigenvalue weighted by atomic mass is 15.1. The zero-order valence-electron chi connectivity index (χ0n) is 30.4. The first-order valence-corrected chi connectivity index (χ1v) is 18.8. The van der Waals surface area contributed by atoms with Crippen molar-refractivity contribution < 1.29 is 0 Å². The zero-order chi connectivity index (χ0) is 37.3. The maximum Gasteiger partial charge on any atom is 0.160 e.